The third-order valence-electron chi connectivity index (χ3n) is 5.42. The summed E-state index contributed by atoms with van der Waals surface area (Å²) in [6.45, 7) is 4.34. The second-order valence-corrected chi connectivity index (χ2v) is 8.48. The molecule has 10 heteroatoms. The van der Waals surface area contributed by atoms with E-state index in [-0.39, 0.29) is 12.6 Å². The van der Waals surface area contributed by atoms with Crippen LogP contribution >= 0.6 is 15.9 Å². The fourth-order valence-corrected chi connectivity index (χ4v) is 4.16. The molecule has 1 atom stereocenters. The molecule has 1 aliphatic rings. The van der Waals surface area contributed by atoms with Gasteiger partial charge in [0.25, 0.3) is 0 Å². The monoisotopic (exact) mass is 529 g/mol. The summed E-state index contributed by atoms with van der Waals surface area (Å²) < 4.78 is 18.0. The van der Waals surface area contributed by atoms with Gasteiger partial charge in [0.15, 0.2) is 11.5 Å². The van der Waals surface area contributed by atoms with E-state index in [4.69, 9.17) is 19.3 Å². The van der Waals surface area contributed by atoms with E-state index in [0.717, 1.165) is 26.9 Å². The van der Waals surface area contributed by atoms with Gasteiger partial charge in [-0.1, -0.05) is 18.2 Å². The van der Waals surface area contributed by atoms with Gasteiger partial charge in [0.2, 0.25) is 0 Å². The average Bonchev–Trinajstić information content (AvgIpc) is 2.82. The normalized spacial score (nSPS) is 13.4. The van der Waals surface area contributed by atoms with Gasteiger partial charge < -0.3 is 24.4 Å². The summed E-state index contributed by atoms with van der Waals surface area (Å²) in [4.78, 5) is 20.0. The van der Waals surface area contributed by atoms with Crippen molar-refractivity contribution < 1.29 is 29.2 Å². The lowest BCUT2D eigenvalue weighted by Gasteiger charge is -2.19. The average molecular weight is 530 g/mol. The van der Waals surface area contributed by atoms with Crippen LogP contribution in [0.25, 0.3) is 11.1 Å². The fraction of sp³-hybridized carbons (Fsp3) is 0.292. The van der Waals surface area contributed by atoms with Crippen LogP contribution in [0.15, 0.2) is 40.9 Å². The molecule has 0 spiro atoms. The maximum Gasteiger partial charge on any atom is 0.323 e. The SMILES string of the molecule is Cc1nc(Oc2cccc(-c3ccc4c(c3)OCCO4)c2Br)nc(C)c1CNC(CO)C(=O)O. The first-order chi connectivity index (χ1) is 16.4. The van der Waals surface area contributed by atoms with Crippen LogP contribution in [0.3, 0.4) is 0 Å². The van der Waals surface area contributed by atoms with Crippen LogP contribution in [0.5, 0.6) is 23.3 Å². The summed E-state index contributed by atoms with van der Waals surface area (Å²) in [5.41, 5.74) is 3.89. The summed E-state index contributed by atoms with van der Waals surface area (Å²) in [7, 11) is 0. The second kappa shape index (κ2) is 10.4. The van der Waals surface area contributed by atoms with Crippen molar-refractivity contribution in [3.05, 3.63) is 57.8 Å². The number of ether oxygens (including phenoxy) is 3. The van der Waals surface area contributed by atoms with Crippen LogP contribution in [0.2, 0.25) is 0 Å². The van der Waals surface area contributed by atoms with Crippen LogP contribution in [-0.2, 0) is 11.3 Å². The molecule has 0 saturated heterocycles. The highest BCUT2D eigenvalue weighted by Crippen LogP contribution is 2.40. The third-order valence-corrected chi connectivity index (χ3v) is 6.24. The molecule has 2 aromatic carbocycles. The largest absolute Gasteiger partial charge is 0.486 e. The molecule has 0 fully saturated rings. The Bertz CT molecular complexity index is 1200. The van der Waals surface area contributed by atoms with Gasteiger partial charge in [0.05, 0.1) is 11.1 Å². The Hall–Kier alpha value is -3.21. The van der Waals surface area contributed by atoms with Crippen molar-refractivity contribution in [1.82, 2.24) is 15.3 Å². The third kappa shape index (κ3) is 5.14. The smallest absolute Gasteiger partial charge is 0.323 e. The first-order valence-corrected chi connectivity index (χ1v) is 11.4. The number of carboxylic acid groups (broad SMARTS) is 1. The molecule has 0 bridgehead atoms. The Labute approximate surface area is 204 Å². The lowest BCUT2D eigenvalue weighted by atomic mass is 10.0. The number of rotatable bonds is 8. The minimum absolute atomic E-state index is 0.177. The highest BCUT2D eigenvalue weighted by atomic mass is 79.9. The zero-order chi connectivity index (χ0) is 24.2. The van der Waals surface area contributed by atoms with Gasteiger partial charge in [-0.25, -0.2) is 0 Å². The predicted molar refractivity (Wildman–Crippen MR) is 127 cm³/mol. The molecule has 2 heterocycles. The van der Waals surface area contributed by atoms with Gasteiger partial charge in [0.1, 0.15) is 25.0 Å². The highest BCUT2D eigenvalue weighted by Gasteiger charge is 2.19. The van der Waals surface area contributed by atoms with Crippen LogP contribution in [-0.4, -0.2) is 52.0 Å². The standard InChI is InChI=1S/C24H24BrN3O6/c1-13-17(11-26-18(12-29)23(30)31)14(2)28-24(27-13)34-20-5-3-4-16(22(20)25)15-6-7-19-21(10-15)33-9-8-32-19/h3-7,10,18,26,29H,8-9,11-12H2,1-2H3,(H,30,31). The Morgan fingerprint density at radius 3 is 2.53 bits per heavy atom. The molecule has 3 N–H and O–H groups in total. The quantitative estimate of drug-likeness (QED) is 0.401. The molecule has 3 aromatic rings. The molecule has 0 radical (unpaired) electrons. The maximum atomic E-state index is 11.1. The van der Waals surface area contributed by atoms with Gasteiger partial charge in [-0.2, -0.15) is 9.97 Å². The number of aliphatic carboxylic acids is 1. The Morgan fingerprint density at radius 1 is 1.15 bits per heavy atom. The zero-order valence-corrected chi connectivity index (χ0v) is 20.3. The van der Waals surface area contributed by atoms with E-state index in [1.165, 1.54) is 0 Å². The van der Waals surface area contributed by atoms with Crippen molar-refractivity contribution in [3.63, 3.8) is 0 Å². The van der Waals surface area contributed by atoms with E-state index in [1.54, 1.807) is 13.8 Å². The van der Waals surface area contributed by atoms with Crippen LogP contribution in [0.1, 0.15) is 17.0 Å². The van der Waals surface area contributed by atoms with Crippen molar-refractivity contribution in [2.75, 3.05) is 19.8 Å². The van der Waals surface area contributed by atoms with E-state index in [1.807, 2.05) is 36.4 Å². The minimum atomic E-state index is -1.12. The molecular formula is C24H24BrN3O6. The van der Waals surface area contributed by atoms with Crippen molar-refractivity contribution >= 4 is 21.9 Å². The first-order valence-electron chi connectivity index (χ1n) is 10.6. The number of nitrogens with zero attached hydrogens (tertiary/aromatic N) is 2. The number of halogens is 1. The number of fused-ring (bicyclic) bond motifs is 1. The molecule has 0 aliphatic carbocycles. The van der Waals surface area contributed by atoms with Crippen molar-refractivity contribution in [2.45, 2.75) is 26.4 Å². The van der Waals surface area contributed by atoms with E-state index in [9.17, 15) is 9.90 Å². The number of nitrogens with one attached hydrogen (secondary N) is 1. The lowest BCUT2D eigenvalue weighted by molar-refractivity contribution is -0.140. The van der Waals surface area contributed by atoms with Crippen molar-refractivity contribution in [1.29, 1.82) is 0 Å². The summed E-state index contributed by atoms with van der Waals surface area (Å²) >= 11 is 3.64. The number of carbonyl (C=O) groups is 1. The summed E-state index contributed by atoms with van der Waals surface area (Å²) in [5.74, 6) is 0.845. The van der Waals surface area contributed by atoms with Gasteiger partial charge in [-0.15, -0.1) is 0 Å². The Morgan fingerprint density at radius 2 is 1.85 bits per heavy atom. The predicted octanol–water partition coefficient (Wildman–Crippen LogP) is 3.62. The molecule has 9 nitrogen and oxygen atoms in total. The fourth-order valence-electron chi connectivity index (χ4n) is 3.59. The number of hydrogen-bond acceptors (Lipinski definition) is 8. The second-order valence-electron chi connectivity index (χ2n) is 7.69. The highest BCUT2D eigenvalue weighted by molar-refractivity contribution is 9.10. The maximum absolute atomic E-state index is 11.1. The number of aliphatic hydroxyl groups is 1. The molecule has 0 amide bonds. The van der Waals surface area contributed by atoms with E-state index in [2.05, 4.69) is 31.2 Å². The number of carboxylic acids is 1. The molecule has 34 heavy (non-hydrogen) atoms. The summed E-state index contributed by atoms with van der Waals surface area (Å²) in [5, 5.41) is 21.1. The molecule has 178 valence electrons. The molecule has 1 unspecified atom stereocenters. The summed E-state index contributed by atoms with van der Waals surface area (Å²) in [6, 6.07) is 10.6. The molecule has 4 rings (SSSR count). The van der Waals surface area contributed by atoms with Gasteiger partial charge >= 0.3 is 12.0 Å². The van der Waals surface area contributed by atoms with Crippen molar-refractivity contribution in [2.24, 2.45) is 0 Å². The van der Waals surface area contributed by atoms with E-state index < -0.39 is 18.6 Å². The number of aryl methyl sites for hydroxylation is 2. The molecular weight excluding hydrogens is 506 g/mol. The number of aliphatic hydroxyl groups excluding tert-OH is 1. The van der Waals surface area contributed by atoms with Crippen LogP contribution < -0.4 is 19.5 Å². The van der Waals surface area contributed by atoms with Gasteiger partial charge in [-0.3, -0.25) is 10.1 Å². The first kappa shape index (κ1) is 23.9. The van der Waals surface area contributed by atoms with Crippen LogP contribution in [0.4, 0.5) is 0 Å². The zero-order valence-electron chi connectivity index (χ0n) is 18.7. The van der Waals surface area contributed by atoms with E-state index in [0.29, 0.717) is 36.1 Å². The molecule has 1 aromatic heterocycles. The van der Waals surface area contributed by atoms with Gasteiger partial charge in [-0.05, 0) is 59.1 Å². The van der Waals surface area contributed by atoms with Crippen LogP contribution in [0, 0.1) is 13.8 Å². The Balaban J connectivity index is 1.56. The number of benzene rings is 2. The van der Waals surface area contributed by atoms with Crippen molar-refractivity contribution in [3.8, 4) is 34.4 Å². The van der Waals surface area contributed by atoms with E-state index >= 15 is 0 Å². The summed E-state index contributed by atoms with van der Waals surface area (Å²) in [6.07, 6.45) is 0. The molecule has 0 saturated carbocycles. The number of hydrogen-bond donors (Lipinski definition) is 3. The Kier molecular flexibility index (Phi) is 7.30. The topological polar surface area (TPSA) is 123 Å². The number of aromatic nitrogens is 2. The minimum Gasteiger partial charge on any atom is -0.486 e. The molecule has 1 aliphatic heterocycles. The lowest BCUT2D eigenvalue weighted by Crippen LogP contribution is -2.39. The van der Waals surface area contributed by atoms with Gasteiger partial charge in [0, 0.05) is 23.5 Å².